The summed E-state index contributed by atoms with van der Waals surface area (Å²) in [4.78, 5) is 14.1. The number of nitrogens with one attached hydrogen (secondary N) is 1. The van der Waals surface area contributed by atoms with Gasteiger partial charge in [0.25, 0.3) is 0 Å². The molecule has 1 fully saturated rings. The standard InChI is InChI=1S/C18H22N2O3/c21-18(19-9-12-20-10-3-4-11-20)6-2-1-5-15-7-8-16-17(13-15)23-14-22-16/h1-2,5-8,13H,3-4,9-12,14H2,(H,19,21)/b5-1+,6-2+. The van der Waals surface area contributed by atoms with Crippen molar-refractivity contribution in [2.24, 2.45) is 0 Å². The third-order valence-corrected chi connectivity index (χ3v) is 3.97. The molecule has 1 aromatic rings. The molecule has 5 nitrogen and oxygen atoms in total. The number of allylic oxidation sites excluding steroid dienone is 2. The number of hydrogen-bond donors (Lipinski definition) is 1. The van der Waals surface area contributed by atoms with Crippen LogP contribution in [0.1, 0.15) is 18.4 Å². The molecule has 1 aromatic carbocycles. The van der Waals surface area contributed by atoms with Crippen LogP contribution in [-0.4, -0.2) is 43.8 Å². The number of benzene rings is 1. The van der Waals surface area contributed by atoms with Gasteiger partial charge >= 0.3 is 0 Å². The van der Waals surface area contributed by atoms with Crippen LogP contribution in [0, 0.1) is 0 Å². The van der Waals surface area contributed by atoms with Gasteiger partial charge in [0.05, 0.1) is 0 Å². The zero-order valence-corrected chi connectivity index (χ0v) is 13.2. The van der Waals surface area contributed by atoms with Crippen LogP contribution in [0.4, 0.5) is 0 Å². The Bertz CT molecular complexity index is 604. The minimum absolute atomic E-state index is 0.0560. The molecule has 0 saturated carbocycles. The first-order chi connectivity index (χ1) is 11.3. The van der Waals surface area contributed by atoms with Gasteiger partial charge in [0.1, 0.15) is 0 Å². The second-order valence-electron chi connectivity index (χ2n) is 5.67. The lowest BCUT2D eigenvalue weighted by Crippen LogP contribution is -2.32. The van der Waals surface area contributed by atoms with Crippen LogP contribution in [0.25, 0.3) is 6.08 Å². The number of amides is 1. The van der Waals surface area contributed by atoms with Crippen LogP contribution in [0.15, 0.2) is 36.4 Å². The summed E-state index contributed by atoms with van der Waals surface area (Å²) in [5.41, 5.74) is 1.01. The molecule has 0 atom stereocenters. The van der Waals surface area contributed by atoms with Crippen molar-refractivity contribution in [2.45, 2.75) is 12.8 Å². The maximum Gasteiger partial charge on any atom is 0.244 e. The highest BCUT2D eigenvalue weighted by Gasteiger charge is 2.12. The highest BCUT2D eigenvalue weighted by atomic mass is 16.7. The highest BCUT2D eigenvalue weighted by molar-refractivity contribution is 5.87. The van der Waals surface area contributed by atoms with E-state index in [2.05, 4.69) is 10.2 Å². The van der Waals surface area contributed by atoms with Crippen LogP contribution in [0.5, 0.6) is 11.5 Å². The summed E-state index contributed by atoms with van der Waals surface area (Å²) in [7, 11) is 0. The fourth-order valence-corrected chi connectivity index (χ4v) is 2.73. The summed E-state index contributed by atoms with van der Waals surface area (Å²) in [6, 6.07) is 5.76. The molecule has 1 N–H and O–H groups in total. The van der Waals surface area contributed by atoms with E-state index in [9.17, 15) is 4.79 Å². The van der Waals surface area contributed by atoms with Crippen molar-refractivity contribution < 1.29 is 14.3 Å². The van der Waals surface area contributed by atoms with Crippen LogP contribution in [-0.2, 0) is 4.79 Å². The normalized spacial score (nSPS) is 17.4. The molecule has 0 aromatic heterocycles. The number of nitrogens with zero attached hydrogens (tertiary/aromatic N) is 1. The van der Waals surface area contributed by atoms with E-state index in [1.807, 2.05) is 30.4 Å². The Labute approximate surface area is 136 Å². The largest absolute Gasteiger partial charge is 0.454 e. The predicted octanol–water partition coefficient (Wildman–Crippen LogP) is 2.20. The summed E-state index contributed by atoms with van der Waals surface area (Å²) >= 11 is 0. The number of carbonyl (C=O) groups excluding carboxylic acids is 1. The number of rotatable bonds is 6. The molecule has 0 unspecified atom stereocenters. The van der Waals surface area contributed by atoms with E-state index in [0.29, 0.717) is 6.54 Å². The fraction of sp³-hybridized carbons (Fsp3) is 0.389. The third kappa shape index (κ3) is 4.60. The fourth-order valence-electron chi connectivity index (χ4n) is 2.73. The van der Waals surface area contributed by atoms with Gasteiger partial charge in [0, 0.05) is 19.2 Å². The first-order valence-electron chi connectivity index (χ1n) is 8.06. The van der Waals surface area contributed by atoms with Gasteiger partial charge in [-0.2, -0.15) is 0 Å². The lowest BCUT2D eigenvalue weighted by atomic mass is 10.2. The Morgan fingerprint density at radius 3 is 2.87 bits per heavy atom. The Morgan fingerprint density at radius 1 is 1.17 bits per heavy atom. The Kier molecular flexibility index (Phi) is 5.32. The van der Waals surface area contributed by atoms with Gasteiger partial charge in [-0.15, -0.1) is 0 Å². The first kappa shape index (κ1) is 15.6. The highest BCUT2D eigenvalue weighted by Crippen LogP contribution is 2.32. The monoisotopic (exact) mass is 314 g/mol. The van der Waals surface area contributed by atoms with Crippen molar-refractivity contribution in [3.63, 3.8) is 0 Å². The maximum absolute atomic E-state index is 11.7. The summed E-state index contributed by atoms with van der Waals surface area (Å²) < 4.78 is 10.6. The predicted molar refractivity (Wildman–Crippen MR) is 89.4 cm³/mol. The molecular weight excluding hydrogens is 292 g/mol. The number of likely N-dealkylation sites (tertiary alicyclic amines) is 1. The van der Waals surface area contributed by atoms with E-state index in [4.69, 9.17) is 9.47 Å². The molecule has 1 saturated heterocycles. The zero-order valence-electron chi connectivity index (χ0n) is 13.2. The molecule has 0 aliphatic carbocycles. The van der Waals surface area contributed by atoms with Gasteiger partial charge in [-0.3, -0.25) is 4.79 Å². The smallest absolute Gasteiger partial charge is 0.244 e. The quantitative estimate of drug-likeness (QED) is 0.646. The number of ether oxygens (including phenoxy) is 2. The second kappa shape index (κ2) is 7.83. The molecule has 23 heavy (non-hydrogen) atoms. The molecule has 5 heteroatoms. The molecule has 0 radical (unpaired) electrons. The number of fused-ring (bicyclic) bond motifs is 1. The van der Waals surface area contributed by atoms with Crippen LogP contribution in [0.3, 0.4) is 0 Å². The van der Waals surface area contributed by atoms with Gasteiger partial charge in [-0.1, -0.05) is 24.3 Å². The molecule has 122 valence electrons. The lowest BCUT2D eigenvalue weighted by molar-refractivity contribution is -0.116. The van der Waals surface area contributed by atoms with Gasteiger partial charge < -0.3 is 19.7 Å². The number of hydrogen-bond acceptors (Lipinski definition) is 4. The van der Waals surface area contributed by atoms with E-state index in [1.54, 1.807) is 12.2 Å². The Balaban J connectivity index is 1.40. The topological polar surface area (TPSA) is 50.8 Å². The van der Waals surface area contributed by atoms with Crippen molar-refractivity contribution >= 4 is 12.0 Å². The average molecular weight is 314 g/mol. The summed E-state index contributed by atoms with van der Waals surface area (Å²) in [5.74, 6) is 1.48. The molecule has 2 aliphatic heterocycles. The van der Waals surface area contributed by atoms with Crippen LogP contribution in [0.2, 0.25) is 0 Å². The summed E-state index contributed by atoms with van der Waals surface area (Å²) in [6.45, 7) is 4.23. The van der Waals surface area contributed by atoms with Gasteiger partial charge in [-0.05, 0) is 43.6 Å². The minimum Gasteiger partial charge on any atom is -0.454 e. The second-order valence-corrected chi connectivity index (χ2v) is 5.67. The molecule has 3 rings (SSSR count). The molecule has 0 spiro atoms. The van der Waals surface area contributed by atoms with E-state index in [0.717, 1.165) is 36.7 Å². The Morgan fingerprint density at radius 2 is 2.00 bits per heavy atom. The van der Waals surface area contributed by atoms with Crippen molar-refractivity contribution in [1.29, 1.82) is 0 Å². The molecule has 2 heterocycles. The first-order valence-corrected chi connectivity index (χ1v) is 8.06. The summed E-state index contributed by atoms with van der Waals surface area (Å²) in [6.07, 6.45) is 9.62. The maximum atomic E-state index is 11.7. The molecule has 1 amide bonds. The van der Waals surface area contributed by atoms with Gasteiger partial charge in [-0.25, -0.2) is 0 Å². The van der Waals surface area contributed by atoms with E-state index >= 15 is 0 Å². The average Bonchev–Trinajstić information content (AvgIpc) is 3.22. The number of carbonyl (C=O) groups is 1. The lowest BCUT2D eigenvalue weighted by Gasteiger charge is -2.13. The van der Waals surface area contributed by atoms with Crippen molar-refractivity contribution in [3.8, 4) is 11.5 Å². The van der Waals surface area contributed by atoms with Crippen LogP contribution >= 0.6 is 0 Å². The van der Waals surface area contributed by atoms with Crippen molar-refractivity contribution in [1.82, 2.24) is 10.2 Å². The molecule has 2 aliphatic rings. The van der Waals surface area contributed by atoms with Gasteiger partial charge in [0.15, 0.2) is 11.5 Å². The van der Waals surface area contributed by atoms with Crippen molar-refractivity contribution in [2.75, 3.05) is 33.0 Å². The van der Waals surface area contributed by atoms with Crippen LogP contribution < -0.4 is 14.8 Å². The zero-order chi connectivity index (χ0) is 15.9. The third-order valence-electron chi connectivity index (χ3n) is 3.97. The SMILES string of the molecule is O=C(/C=C/C=C/c1ccc2c(c1)OCO2)NCCN1CCCC1. The molecular formula is C18H22N2O3. The minimum atomic E-state index is -0.0560. The molecule has 0 bridgehead atoms. The van der Waals surface area contributed by atoms with E-state index < -0.39 is 0 Å². The Hall–Kier alpha value is -2.27. The van der Waals surface area contributed by atoms with Crippen molar-refractivity contribution in [3.05, 3.63) is 42.0 Å². The van der Waals surface area contributed by atoms with E-state index in [-0.39, 0.29) is 12.7 Å². The summed E-state index contributed by atoms with van der Waals surface area (Å²) in [5, 5.41) is 2.90. The van der Waals surface area contributed by atoms with Gasteiger partial charge in [0.2, 0.25) is 12.7 Å². The van der Waals surface area contributed by atoms with E-state index in [1.165, 1.54) is 12.8 Å².